The summed E-state index contributed by atoms with van der Waals surface area (Å²) in [6, 6.07) is 0.642. The number of piperidine rings is 1. The maximum Gasteiger partial charge on any atom is 0.0254 e. The van der Waals surface area contributed by atoms with E-state index in [1.807, 2.05) is 0 Å². The van der Waals surface area contributed by atoms with Crippen LogP contribution in [-0.2, 0) is 0 Å². The molecule has 0 radical (unpaired) electrons. The summed E-state index contributed by atoms with van der Waals surface area (Å²) < 4.78 is 0. The predicted molar refractivity (Wildman–Crippen MR) is 49.6 cm³/mol. The Balaban J connectivity index is 2.40. The maximum atomic E-state index is 3.50. The van der Waals surface area contributed by atoms with Crippen LogP contribution in [0.3, 0.4) is 0 Å². The number of hydrogen-bond donors (Lipinski definition) is 1. The molecule has 0 aromatic rings. The zero-order valence-corrected chi connectivity index (χ0v) is 7.85. The van der Waals surface area contributed by atoms with Crippen molar-refractivity contribution in [2.45, 2.75) is 39.7 Å². The zero-order valence-electron chi connectivity index (χ0n) is 7.85. The van der Waals surface area contributed by atoms with Gasteiger partial charge in [0.1, 0.15) is 0 Å². The van der Waals surface area contributed by atoms with E-state index in [-0.39, 0.29) is 0 Å². The molecule has 0 unspecified atom stereocenters. The molecule has 1 rings (SSSR count). The van der Waals surface area contributed by atoms with Gasteiger partial charge in [-0.2, -0.15) is 0 Å². The van der Waals surface area contributed by atoms with E-state index < -0.39 is 0 Å². The van der Waals surface area contributed by atoms with E-state index in [4.69, 9.17) is 0 Å². The third-order valence-corrected chi connectivity index (χ3v) is 2.23. The molecule has 1 fully saturated rings. The van der Waals surface area contributed by atoms with Crippen LogP contribution in [0.1, 0.15) is 33.6 Å². The van der Waals surface area contributed by atoms with E-state index in [1.54, 1.807) is 0 Å². The second kappa shape index (κ2) is 3.91. The topological polar surface area (TPSA) is 12.0 Å². The molecular weight excluding hydrogens is 134 g/mol. The number of rotatable bonds is 1. The third-order valence-electron chi connectivity index (χ3n) is 2.23. The molecule has 64 valence electrons. The fourth-order valence-corrected chi connectivity index (χ4v) is 1.68. The molecule has 11 heavy (non-hydrogen) atoms. The van der Waals surface area contributed by atoms with Crippen LogP contribution in [0.15, 0.2) is 11.6 Å². The van der Waals surface area contributed by atoms with Crippen molar-refractivity contribution in [1.82, 2.24) is 5.32 Å². The third kappa shape index (κ3) is 3.06. The molecule has 1 saturated heterocycles. The monoisotopic (exact) mass is 153 g/mol. The Bertz CT molecular complexity index is 145. The lowest BCUT2D eigenvalue weighted by atomic mass is 9.93. The van der Waals surface area contributed by atoms with Crippen molar-refractivity contribution in [1.29, 1.82) is 0 Å². The first-order valence-corrected chi connectivity index (χ1v) is 4.57. The van der Waals surface area contributed by atoms with E-state index in [2.05, 4.69) is 32.2 Å². The minimum absolute atomic E-state index is 0.642. The van der Waals surface area contributed by atoms with Gasteiger partial charge < -0.3 is 5.32 Å². The molecule has 1 N–H and O–H groups in total. The lowest BCUT2D eigenvalue weighted by molar-refractivity contribution is 0.355. The molecule has 2 atom stereocenters. The molecule has 1 aliphatic heterocycles. The summed E-state index contributed by atoms with van der Waals surface area (Å²) in [6.07, 6.45) is 4.99. The quantitative estimate of drug-likeness (QED) is 0.570. The Morgan fingerprint density at radius 1 is 1.45 bits per heavy atom. The Labute approximate surface area is 69.9 Å². The Hall–Kier alpha value is -0.300. The first-order valence-electron chi connectivity index (χ1n) is 4.57. The molecule has 1 nitrogen and oxygen atoms in total. The van der Waals surface area contributed by atoms with Crippen molar-refractivity contribution < 1.29 is 0 Å². The maximum absolute atomic E-state index is 3.50. The van der Waals surface area contributed by atoms with Gasteiger partial charge in [-0.3, -0.25) is 0 Å². The molecule has 1 heterocycles. The minimum Gasteiger partial charge on any atom is -0.310 e. The van der Waals surface area contributed by atoms with Crippen LogP contribution in [0, 0.1) is 5.92 Å². The van der Waals surface area contributed by atoms with Gasteiger partial charge >= 0.3 is 0 Å². The SMILES string of the molecule is CC(C)=C[C@H]1C[C@@H](C)CCN1. The van der Waals surface area contributed by atoms with Gasteiger partial charge in [0.15, 0.2) is 0 Å². The summed E-state index contributed by atoms with van der Waals surface area (Å²) in [4.78, 5) is 0. The molecule has 0 spiro atoms. The highest BCUT2D eigenvalue weighted by atomic mass is 14.9. The average molecular weight is 153 g/mol. The molecule has 0 amide bonds. The number of nitrogens with one attached hydrogen (secondary N) is 1. The fraction of sp³-hybridized carbons (Fsp3) is 0.800. The number of allylic oxidation sites excluding steroid dienone is 1. The van der Waals surface area contributed by atoms with E-state index in [9.17, 15) is 0 Å². The Morgan fingerprint density at radius 3 is 2.73 bits per heavy atom. The molecule has 0 aromatic heterocycles. The standard InChI is InChI=1S/C10H19N/c1-8(2)6-10-7-9(3)4-5-11-10/h6,9-11H,4-5,7H2,1-3H3/t9-,10-/m0/s1. The van der Waals surface area contributed by atoms with Gasteiger partial charge in [0.05, 0.1) is 0 Å². The van der Waals surface area contributed by atoms with Gasteiger partial charge in [0.2, 0.25) is 0 Å². The predicted octanol–water partition coefficient (Wildman–Crippen LogP) is 2.34. The molecular formula is C10H19N. The summed E-state index contributed by atoms with van der Waals surface area (Å²) in [5.74, 6) is 0.900. The first-order chi connectivity index (χ1) is 5.18. The Morgan fingerprint density at radius 2 is 2.18 bits per heavy atom. The van der Waals surface area contributed by atoms with E-state index in [1.165, 1.54) is 25.0 Å². The van der Waals surface area contributed by atoms with E-state index >= 15 is 0 Å². The average Bonchev–Trinajstić information content (AvgIpc) is 1.85. The van der Waals surface area contributed by atoms with Gasteiger partial charge in [-0.05, 0) is 39.2 Å². The fourth-order valence-electron chi connectivity index (χ4n) is 1.68. The van der Waals surface area contributed by atoms with Gasteiger partial charge in [-0.15, -0.1) is 0 Å². The summed E-state index contributed by atoms with van der Waals surface area (Å²) in [7, 11) is 0. The molecule has 1 aliphatic rings. The van der Waals surface area contributed by atoms with Crippen molar-refractivity contribution in [2.75, 3.05) is 6.54 Å². The summed E-state index contributed by atoms with van der Waals surface area (Å²) in [5.41, 5.74) is 1.43. The van der Waals surface area contributed by atoms with Crippen LogP contribution in [0.25, 0.3) is 0 Å². The molecule has 0 aliphatic carbocycles. The minimum atomic E-state index is 0.642. The van der Waals surface area contributed by atoms with E-state index in [0.717, 1.165) is 5.92 Å². The van der Waals surface area contributed by atoms with Crippen LogP contribution in [0.5, 0.6) is 0 Å². The van der Waals surface area contributed by atoms with E-state index in [0.29, 0.717) is 6.04 Å². The highest BCUT2D eigenvalue weighted by Gasteiger charge is 2.15. The summed E-state index contributed by atoms with van der Waals surface area (Å²) in [6.45, 7) is 7.87. The zero-order chi connectivity index (χ0) is 8.27. The van der Waals surface area contributed by atoms with Crippen LogP contribution in [0.4, 0.5) is 0 Å². The van der Waals surface area contributed by atoms with Gasteiger partial charge in [0.25, 0.3) is 0 Å². The normalized spacial score (nSPS) is 31.5. The smallest absolute Gasteiger partial charge is 0.0254 e. The highest BCUT2D eigenvalue weighted by molar-refractivity contribution is 5.02. The van der Waals surface area contributed by atoms with Crippen molar-refractivity contribution >= 4 is 0 Å². The summed E-state index contributed by atoms with van der Waals surface area (Å²) >= 11 is 0. The van der Waals surface area contributed by atoms with Gasteiger partial charge in [0, 0.05) is 6.04 Å². The largest absolute Gasteiger partial charge is 0.310 e. The lowest BCUT2D eigenvalue weighted by Crippen LogP contribution is -2.35. The van der Waals surface area contributed by atoms with Crippen molar-refractivity contribution in [3.8, 4) is 0 Å². The lowest BCUT2D eigenvalue weighted by Gasteiger charge is -2.26. The highest BCUT2D eigenvalue weighted by Crippen LogP contribution is 2.16. The molecule has 1 heteroatoms. The summed E-state index contributed by atoms with van der Waals surface area (Å²) in [5, 5.41) is 3.50. The van der Waals surface area contributed by atoms with Crippen LogP contribution in [0.2, 0.25) is 0 Å². The van der Waals surface area contributed by atoms with Gasteiger partial charge in [-0.1, -0.05) is 18.6 Å². The van der Waals surface area contributed by atoms with Crippen molar-refractivity contribution in [3.05, 3.63) is 11.6 Å². The van der Waals surface area contributed by atoms with Crippen LogP contribution >= 0.6 is 0 Å². The number of hydrogen-bond acceptors (Lipinski definition) is 1. The molecule has 0 saturated carbocycles. The first kappa shape index (κ1) is 8.79. The van der Waals surface area contributed by atoms with Crippen molar-refractivity contribution in [3.63, 3.8) is 0 Å². The molecule has 0 aromatic carbocycles. The Kier molecular flexibility index (Phi) is 3.13. The molecule has 0 bridgehead atoms. The van der Waals surface area contributed by atoms with Crippen LogP contribution < -0.4 is 5.32 Å². The second-order valence-corrected chi connectivity index (χ2v) is 3.93. The van der Waals surface area contributed by atoms with Crippen LogP contribution in [-0.4, -0.2) is 12.6 Å². The van der Waals surface area contributed by atoms with Gasteiger partial charge in [-0.25, -0.2) is 0 Å². The second-order valence-electron chi connectivity index (χ2n) is 3.93. The van der Waals surface area contributed by atoms with Crippen molar-refractivity contribution in [2.24, 2.45) is 5.92 Å².